The minimum absolute atomic E-state index is 0.597. The normalized spacial score (nSPS) is 11.5. The number of aromatic nitrogens is 1. The number of ether oxygens (including phenoxy) is 1. The number of hydrogen-bond donors (Lipinski definition) is 2. The maximum atomic E-state index is 5.85. The van der Waals surface area contributed by atoms with E-state index in [1.54, 1.807) is 18.4 Å². The molecule has 0 bridgehead atoms. The Balaban J connectivity index is 1.46. The summed E-state index contributed by atoms with van der Waals surface area (Å²) in [7, 11) is 1.79. The minimum Gasteiger partial charge on any atom is -0.372 e. The zero-order chi connectivity index (χ0) is 20.5. The molecule has 152 valence electrons. The minimum atomic E-state index is 0.597. The molecule has 0 saturated carbocycles. The summed E-state index contributed by atoms with van der Waals surface area (Å²) in [6, 6.07) is 18.7. The van der Waals surface area contributed by atoms with Crippen molar-refractivity contribution >= 4 is 17.3 Å². The van der Waals surface area contributed by atoms with Crippen molar-refractivity contribution in [2.75, 3.05) is 7.05 Å². The van der Waals surface area contributed by atoms with E-state index in [0.717, 1.165) is 23.2 Å². The highest BCUT2D eigenvalue weighted by Crippen LogP contribution is 2.16. The highest BCUT2D eigenvalue weighted by Gasteiger charge is 2.06. The van der Waals surface area contributed by atoms with E-state index in [0.29, 0.717) is 19.8 Å². The van der Waals surface area contributed by atoms with Crippen LogP contribution in [0.4, 0.5) is 0 Å². The summed E-state index contributed by atoms with van der Waals surface area (Å²) in [6.07, 6.45) is 0. The first-order chi connectivity index (χ1) is 14.1. The van der Waals surface area contributed by atoms with Gasteiger partial charge in [-0.25, -0.2) is 4.98 Å². The molecule has 0 radical (unpaired) electrons. The molecule has 0 amide bonds. The molecule has 0 unspecified atom stereocenters. The number of thiazole rings is 1. The maximum Gasteiger partial charge on any atom is 0.191 e. The first kappa shape index (κ1) is 21.0. The molecule has 1 aromatic heterocycles. The molecule has 0 spiro atoms. The van der Waals surface area contributed by atoms with Gasteiger partial charge in [-0.2, -0.15) is 0 Å². The van der Waals surface area contributed by atoms with Crippen molar-refractivity contribution in [2.45, 2.75) is 40.2 Å². The third kappa shape index (κ3) is 6.69. The summed E-state index contributed by atoms with van der Waals surface area (Å²) >= 11 is 1.72. The second kappa shape index (κ2) is 10.7. The predicted octanol–water partition coefficient (Wildman–Crippen LogP) is 4.34. The topological polar surface area (TPSA) is 58.5 Å². The standard InChI is InChI=1S/C23H28N4OS/c1-17-22(29-18(2)27-17)14-26-23(24-3)25-13-20-10-7-11-21(12-20)16-28-15-19-8-5-4-6-9-19/h4-12H,13-16H2,1-3H3,(H2,24,25,26). The molecule has 0 saturated heterocycles. The molecule has 0 aliphatic heterocycles. The van der Waals surface area contributed by atoms with E-state index in [9.17, 15) is 0 Å². The predicted molar refractivity (Wildman–Crippen MR) is 120 cm³/mol. The summed E-state index contributed by atoms with van der Waals surface area (Å²) in [4.78, 5) is 10.0. The number of guanidine groups is 1. The van der Waals surface area contributed by atoms with Crippen molar-refractivity contribution in [3.05, 3.63) is 86.9 Å². The number of nitrogens with one attached hydrogen (secondary N) is 2. The fourth-order valence-corrected chi connectivity index (χ4v) is 3.88. The summed E-state index contributed by atoms with van der Waals surface area (Å²) in [5.41, 5.74) is 4.63. The molecule has 3 aromatic rings. The Morgan fingerprint density at radius 2 is 1.62 bits per heavy atom. The molecular formula is C23H28N4OS. The molecule has 29 heavy (non-hydrogen) atoms. The van der Waals surface area contributed by atoms with E-state index in [2.05, 4.69) is 57.0 Å². The van der Waals surface area contributed by atoms with Crippen LogP contribution in [0.1, 0.15) is 32.3 Å². The Labute approximate surface area is 176 Å². The monoisotopic (exact) mass is 408 g/mol. The first-order valence-electron chi connectivity index (χ1n) is 9.71. The Bertz CT molecular complexity index is 937. The number of hydrogen-bond acceptors (Lipinski definition) is 4. The molecule has 2 N–H and O–H groups in total. The van der Waals surface area contributed by atoms with E-state index >= 15 is 0 Å². The Hall–Kier alpha value is -2.70. The van der Waals surface area contributed by atoms with Crippen LogP contribution in [0.2, 0.25) is 0 Å². The van der Waals surface area contributed by atoms with E-state index in [4.69, 9.17) is 4.74 Å². The average Bonchev–Trinajstić information content (AvgIpc) is 3.06. The lowest BCUT2D eigenvalue weighted by atomic mass is 10.1. The molecule has 1 heterocycles. The molecule has 0 aliphatic rings. The molecule has 3 rings (SSSR count). The van der Waals surface area contributed by atoms with Gasteiger partial charge in [0, 0.05) is 18.5 Å². The largest absolute Gasteiger partial charge is 0.372 e. The number of nitrogens with zero attached hydrogens (tertiary/aromatic N) is 2. The summed E-state index contributed by atoms with van der Waals surface area (Å²) in [5, 5.41) is 7.83. The third-order valence-electron chi connectivity index (χ3n) is 4.47. The number of aryl methyl sites for hydroxylation is 2. The lowest BCUT2D eigenvalue weighted by Crippen LogP contribution is -2.36. The molecule has 5 nitrogen and oxygen atoms in total. The van der Waals surface area contributed by atoms with Crippen LogP contribution >= 0.6 is 11.3 Å². The van der Waals surface area contributed by atoms with Gasteiger partial charge in [0.25, 0.3) is 0 Å². The van der Waals surface area contributed by atoms with Crippen LogP contribution in [0.15, 0.2) is 59.6 Å². The zero-order valence-electron chi connectivity index (χ0n) is 17.2. The second-order valence-electron chi connectivity index (χ2n) is 6.82. The molecule has 0 fully saturated rings. The van der Waals surface area contributed by atoms with Gasteiger partial charge in [-0.1, -0.05) is 54.6 Å². The zero-order valence-corrected chi connectivity index (χ0v) is 18.1. The van der Waals surface area contributed by atoms with Crippen LogP contribution in [0, 0.1) is 13.8 Å². The average molecular weight is 409 g/mol. The number of aliphatic imine (C=N–C) groups is 1. The lowest BCUT2D eigenvalue weighted by Gasteiger charge is -2.12. The van der Waals surface area contributed by atoms with Gasteiger partial charge in [0.15, 0.2) is 5.96 Å². The molecule has 0 aliphatic carbocycles. The van der Waals surface area contributed by atoms with E-state index < -0.39 is 0 Å². The van der Waals surface area contributed by atoms with E-state index in [-0.39, 0.29) is 0 Å². The van der Waals surface area contributed by atoms with Crippen molar-refractivity contribution in [1.29, 1.82) is 0 Å². The number of benzene rings is 2. The van der Waals surface area contributed by atoms with Crippen LogP contribution in [-0.2, 0) is 31.0 Å². The maximum absolute atomic E-state index is 5.85. The Morgan fingerprint density at radius 1 is 0.931 bits per heavy atom. The SMILES string of the molecule is CN=C(NCc1cccc(COCc2ccccc2)c1)NCc1sc(C)nc1C. The highest BCUT2D eigenvalue weighted by molar-refractivity contribution is 7.11. The molecular weight excluding hydrogens is 380 g/mol. The van der Waals surface area contributed by atoms with Crippen LogP contribution < -0.4 is 10.6 Å². The van der Waals surface area contributed by atoms with Crippen LogP contribution in [0.25, 0.3) is 0 Å². The van der Waals surface area contributed by atoms with Crippen molar-refractivity contribution in [3.63, 3.8) is 0 Å². The molecule has 2 aromatic carbocycles. The van der Waals surface area contributed by atoms with Gasteiger partial charge in [0.2, 0.25) is 0 Å². The van der Waals surface area contributed by atoms with Gasteiger partial charge >= 0.3 is 0 Å². The third-order valence-corrected chi connectivity index (χ3v) is 5.54. The highest BCUT2D eigenvalue weighted by atomic mass is 32.1. The van der Waals surface area contributed by atoms with Crippen LogP contribution in [-0.4, -0.2) is 18.0 Å². The van der Waals surface area contributed by atoms with Gasteiger partial charge < -0.3 is 15.4 Å². The Kier molecular flexibility index (Phi) is 7.78. The van der Waals surface area contributed by atoms with Crippen molar-refractivity contribution in [2.24, 2.45) is 4.99 Å². The van der Waals surface area contributed by atoms with Crippen LogP contribution in [0.3, 0.4) is 0 Å². The van der Waals surface area contributed by atoms with E-state index in [1.165, 1.54) is 21.6 Å². The summed E-state index contributed by atoms with van der Waals surface area (Å²) < 4.78 is 5.85. The van der Waals surface area contributed by atoms with Gasteiger partial charge in [0.1, 0.15) is 0 Å². The van der Waals surface area contributed by atoms with Gasteiger partial charge in [-0.3, -0.25) is 4.99 Å². The van der Waals surface area contributed by atoms with E-state index in [1.807, 2.05) is 32.0 Å². The van der Waals surface area contributed by atoms with Crippen molar-refractivity contribution in [1.82, 2.24) is 15.6 Å². The quantitative estimate of drug-likeness (QED) is 0.430. The van der Waals surface area contributed by atoms with Gasteiger partial charge in [-0.05, 0) is 30.5 Å². The lowest BCUT2D eigenvalue weighted by molar-refractivity contribution is 0.107. The summed E-state index contributed by atoms with van der Waals surface area (Å²) in [5.74, 6) is 0.779. The number of rotatable bonds is 8. The molecule has 0 atom stereocenters. The molecule has 6 heteroatoms. The summed E-state index contributed by atoms with van der Waals surface area (Å²) in [6.45, 7) is 6.72. The van der Waals surface area contributed by atoms with Crippen molar-refractivity contribution in [3.8, 4) is 0 Å². The van der Waals surface area contributed by atoms with Gasteiger partial charge in [-0.15, -0.1) is 11.3 Å². The first-order valence-corrected chi connectivity index (χ1v) is 10.5. The smallest absolute Gasteiger partial charge is 0.191 e. The fourth-order valence-electron chi connectivity index (χ4n) is 3.00. The van der Waals surface area contributed by atoms with Gasteiger partial charge in [0.05, 0.1) is 30.5 Å². The second-order valence-corrected chi connectivity index (χ2v) is 8.11. The fraction of sp³-hybridized carbons (Fsp3) is 0.304. The van der Waals surface area contributed by atoms with Crippen LogP contribution in [0.5, 0.6) is 0 Å². The Morgan fingerprint density at radius 3 is 2.34 bits per heavy atom. The van der Waals surface area contributed by atoms with Crippen molar-refractivity contribution < 1.29 is 4.74 Å².